The third-order valence-electron chi connectivity index (χ3n) is 2.43. The van der Waals surface area contributed by atoms with Gasteiger partial charge >= 0.3 is 0 Å². The number of aromatic nitrogens is 1. The Labute approximate surface area is 97.4 Å². The largest absolute Gasteiger partial charge is 0.383 e. The Hall–Kier alpha value is -0.970. The molecule has 0 saturated carbocycles. The fraction of sp³-hybridized carbons (Fsp3) is 0.583. The lowest BCUT2D eigenvalue weighted by Gasteiger charge is -2.23. The van der Waals surface area contributed by atoms with Crippen molar-refractivity contribution in [3.63, 3.8) is 0 Å². The monoisotopic (exact) mass is 223 g/mol. The Morgan fingerprint density at radius 1 is 1.50 bits per heavy atom. The van der Waals surface area contributed by atoms with Crippen LogP contribution in [0.25, 0.3) is 0 Å². The first-order valence-corrected chi connectivity index (χ1v) is 5.63. The molecule has 0 spiro atoms. The molecule has 1 rings (SSSR count). The van der Waals surface area contributed by atoms with Crippen LogP contribution in [0.15, 0.2) is 24.4 Å². The number of likely N-dealkylation sites (N-methyl/N-ethyl adjacent to an activating group) is 1. The number of nitrogens with two attached hydrogens (primary N) is 1. The van der Waals surface area contributed by atoms with Gasteiger partial charge in [0.05, 0.1) is 12.3 Å². The van der Waals surface area contributed by atoms with Gasteiger partial charge in [0.25, 0.3) is 0 Å². The van der Waals surface area contributed by atoms with E-state index in [-0.39, 0.29) is 6.04 Å². The topological polar surface area (TPSA) is 51.4 Å². The molecule has 0 aliphatic rings. The second-order valence-electron chi connectivity index (χ2n) is 3.86. The van der Waals surface area contributed by atoms with Gasteiger partial charge in [-0.15, -0.1) is 0 Å². The van der Waals surface area contributed by atoms with E-state index in [0.29, 0.717) is 6.61 Å². The normalized spacial score (nSPS) is 13.0. The van der Waals surface area contributed by atoms with Crippen LogP contribution in [-0.2, 0) is 11.3 Å². The van der Waals surface area contributed by atoms with Crippen LogP contribution in [0.2, 0.25) is 0 Å². The number of nitrogens with zero attached hydrogens (tertiary/aromatic N) is 2. The summed E-state index contributed by atoms with van der Waals surface area (Å²) in [5, 5.41) is 0. The number of pyridine rings is 1. The molecule has 2 N–H and O–H groups in total. The SMILES string of the molecule is CCN(Cc1ccccn1)CC(N)COC. The molecule has 0 aromatic carbocycles. The highest BCUT2D eigenvalue weighted by molar-refractivity contribution is 5.03. The zero-order valence-electron chi connectivity index (χ0n) is 10.1. The van der Waals surface area contributed by atoms with Crippen molar-refractivity contribution in [2.75, 3.05) is 26.8 Å². The van der Waals surface area contributed by atoms with Gasteiger partial charge in [-0.2, -0.15) is 0 Å². The molecular weight excluding hydrogens is 202 g/mol. The highest BCUT2D eigenvalue weighted by Gasteiger charge is 2.09. The first-order chi connectivity index (χ1) is 7.76. The summed E-state index contributed by atoms with van der Waals surface area (Å²) in [7, 11) is 1.68. The van der Waals surface area contributed by atoms with E-state index < -0.39 is 0 Å². The molecule has 1 aromatic heterocycles. The molecule has 1 aromatic rings. The van der Waals surface area contributed by atoms with Crippen LogP contribution in [0.4, 0.5) is 0 Å². The minimum absolute atomic E-state index is 0.0636. The Morgan fingerprint density at radius 3 is 2.88 bits per heavy atom. The van der Waals surface area contributed by atoms with Gasteiger partial charge in [0.15, 0.2) is 0 Å². The minimum atomic E-state index is 0.0636. The first kappa shape index (κ1) is 13.1. The van der Waals surface area contributed by atoms with Crippen LogP contribution in [0, 0.1) is 0 Å². The zero-order chi connectivity index (χ0) is 11.8. The molecule has 0 fully saturated rings. The van der Waals surface area contributed by atoms with Gasteiger partial charge in [0, 0.05) is 32.4 Å². The third-order valence-corrected chi connectivity index (χ3v) is 2.43. The molecule has 16 heavy (non-hydrogen) atoms. The smallest absolute Gasteiger partial charge is 0.0626 e. The van der Waals surface area contributed by atoms with Gasteiger partial charge in [-0.3, -0.25) is 9.88 Å². The first-order valence-electron chi connectivity index (χ1n) is 5.63. The predicted octanol–water partition coefficient (Wildman–Crippen LogP) is 0.877. The van der Waals surface area contributed by atoms with E-state index in [9.17, 15) is 0 Å². The molecule has 4 nitrogen and oxygen atoms in total. The average molecular weight is 223 g/mol. The molecule has 4 heteroatoms. The Kier molecular flexibility index (Phi) is 6.00. The summed E-state index contributed by atoms with van der Waals surface area (Å²) in [6.45, 7) is 5.37. The fourth-order valence-electron chi connectivity index (χ4n) is 1.62. The summed E-state index contributed by atoms with van der Waals surface area (Å²) in [5.41, 5.74) is 7.01. The molecule has 1 heterocycles. The van der Waals surface area contributed by atoms with Gasteiger partial charge < -0.3 is 10.5 Å². The summed E-state index contributed by atoms with van der Waals surface area (Å²) in [6.07, 6.45) is 1.82. The number of hydrogen-bond donors (Lipinski definition) is 1. The number of methoxy groups -OCH3 is 1. The van der Waals surface area contributed by atoms with Crippen LogP contribution < -0.4 is 5.73 Å². The van der Waals surface area contributed by atoms with Crippen molar-refractivity contribution < 1.29 is 4.74 Å². The van der Waals surface area contributed by atoms with Gasteiger partial charge in [0.2, 0.25) is 0 Å². The summed E-state index contributed by atoms with van der Waals surface area (Å²) < 4.78 is 5.03. The molecule has 0 amide bonds. The number of rotatable bonds is 7. The van der Waals surface area contributed by atoms with Gasteiger partial charge in [-0.25, -0.2) is 0 Å². The molecule has 90 valence electrons. The van der Waals surface area contributed by atoms with Crippen molar-refractivity contribution in [1.82, 2.24) is 9.88 Å². The van der Waals surface area contributed by atoms with Crippen molar-refractivity contribution in [1.29, 1.82) is 0 Å². The fourth-order valence-corrected chi connectivity index (χ4v) is 1.62. The van der Waals surface area contributed by atoms with Crippen LogP contribution in [0.3, 0.4) is 0 Å². The molecule has 0 aliphatic carbocycles. The van der Waals surface area contributed by atoms with Crippen LogP contribution in [-0.4, -0.2) is 42.7 Å². The summed E-state index contributed by atoms with van der Waals surface area (Å²) in [5.74, 6) is 0. The standard InChI is InChI=1S/C12H21N3O/c1-3-15(8-11(13)10-16-2)9-12-6-4-5-7-14-12/h4-7,11H,3,8-10,13H2,1-2H3. The van der Waals surface area contributed by atoms with E-state index in [1.165, 1.54) is 0 Å². The maximum atomic E-state index is 5.93. The van der Waals surface area contributed by atoms with Gasteiger partial charge in [-0.05, 0) is 18.7 Å². The van der Waals surface area contributed by atoms with Crippen molar-refractivity contribution in [2.45, 2.75) is 19.5 Å². The van der Waals surface area contributed by atoms with Crippen LogP contribution in [0.5, 0.6) is 0 Å². The van der Waals surface area contributed by atoms with Crippen molar-refractivity contribution in [3.8, 4) is 0 Å². The van der Waals surface area contributed by atoms with Gasteiger partial charge in [-0.1, -0.05) is 13.0 Å². The molecule has 1 unspecified atom stereocenters. The van der Waals surface area contributed by atoms with E-state index >= 15 is 0 Å². The molecule has 0 saturated heterocycles. The molecule has 0 radical (unpaired) electrons. The molecule has 1 atom stereocenters. The quantitative estimate of drug-likeness (QED) is 0.745. The van der Waals surface area contributed by atoms with E-state index in [0.717, 1.165) is 25.3 Å². The Morgan fingerprint density at radius 2 is 2.31 bits per heavy atom. The van der Waals surface area contributed by atoms with E-state index in [1.807, 2.05) is 24.4 Å². The van der Waals surface area contributed by atoms with Crippen molar-refractivity contribution in [2.24, 2.45) is 5.73 Å². The number of hydrogen-bond acceptors (Lipinski definition) is 4. The highest BCUT2D eigenvalue weighted by Crippen LogP contribution is 2.01. The Balaban J connectivity index is 2.43. The average Bonchev–Trinajstić information content (AvgIpc) is 2.30. The zero-order valence-corrected chi connectivity index (χ0v) is 10.1. The summed E-state index contributed by atoms with van der Waals surface area (Å²) in [4.78, 5) is 6.58. The van der Waals surface area contributed by atoms with Crippen LogP contribution in [0.1, 0.15) is 12.6 Å². The summed E-state index contributed by atoms with van der Waals surface area (Å²) in [6, 6.07) is 6.03. The van der Waals surface area contributed by atoms with E-state index in [4.69, 9.17) is 10.5 Å². The Bertz CT molecular complexity index is 279. The van der Waals surface area contributed by atoms with Crippen molar-refractivity contribution in [3.05, 3.63) is 30.1 Å². The van der Waals surface area contributed by atoms with Gasteiger partial charge in [0.1, 0.15) is 0 Å². The van der Waals surface area contributed by atoms with Crippen molar-refractivity contribution >= 4 is 0 Å². The summed E-state index contributed by atoms with van der Waals surface area (Å²) >= 11 is 0. The lowest BCUT2D eigenvalue weighted by Crippen LogP contribution is -2.40. The third kappa shape index (κ3) is 4.70. The number of ether oxygens (including phenoxy) is 1. The lowest BCUT2D eigenvalue weighted by molar-refractivity contribution is 0.152. The van der Waals surface area contributed by atoms with Crippen LogP contribution >= 0.6 is 0 Å². The second kappa shape index (κ2) is 7.33. The molecular formula is C12H21N3O. The lowest BCUT2D eigenvalue weighted by atomic mass is 10.2. The predicted molar refractivity (Wildman–Crippen MR) is 65.0 cm³/mol. The second-order valence-corrected chi connectivity index (χ2v) is 3.86. The highest BCUT2D eigenvalue weighted by atomic mass is 16.5. The maximum Gasteiger partial charge on any atom is 0.0626 e. The molecule has 0 bridgehead atoms. The van der Waals surface area contributed by atoms with E-state index in [1.54, 1.807) is 7.11 Å². The molecule has 0 aliphatic heterocycles. The minimum Gasteiger partial charge on any atom is -0.383 e. The maximum absolute atomic E-state index is 5.93. The van der Waals surface area contributed by atoms with E-state index in [2.05, 4.69) is 16.8 Å².